The molecule has 2 unspecified atom stereocenters. The van der Waals surface area contributed by atoms with E-state index in [4.69, 9.17) is 18.9 Å². The van der Waals surface area contributed by atoms with E-state index in [1.165, 1.54) is 6.92 Å². The Labute approximate surface area is 187 Å². The van der Waals surface area contributed by atoms with E-state index in [2.05, 4.69) is 5.32 Å². The third-order valence-corrected chi connectivity index (χ3v) is 6.73. The van der Waals surface area contributed by atoms with Gasteiger partial charge < -0.3 is 49.8 Å². The first-order chi connectivity index (χ1) is 15.3. The summed E-state index contributed by atoms with van der Waals surface area (Å²) in [6.07, 6.45) is -8.04. The Hall–Kier alpha value is -0.890. The highest BCUT2D eigenvalue weighted by Gasteiger charge is 2.56. The molecule has 1 amide bonds. The Morgan fingerprint density at radius 3 is 2.34 bits per heavy atom. The van der Waals surface area contributed by atoms with Gasteiger partial charge in [0.1, 0.15) is 30.5 Å². The minimum atomic E-state index is -1.30. The molecule has 6 N–H and O–H groups in total. The van der Waals surface area contributed by atoms with Crippen molar-refractivity contribution in [2.24, 2.45) is 11.8 Å². The first kappa shape index (κ1) is 25.7. The minimum absolute atomic E-state index is 0.163. The molecule has 4 bridgehead atoms. The Bertz CT molecular complexity index is 607. The quantitative estimate of drug-likeness (QED) is 0.223. The second-order valence-corrected chi connectivity index (χ2v) is 8.97. The monoisotopic (exact) mass is 463 g/mol. The molecular weight excluding hydrogens is 426 g/mol. The maximum atomic E-state index is 11.1. The lowest BCUT2D eigenvalue weighted by Gasteiger charge is -2.53. The van der Waals surface area contributed by atoms with E-state index in [-0.39, 0.29) is 25.0 Å². The second kappa shape index (κ2) is 11.5. The molecule has 0 spiro atoms. The number of aliphatic hydroxyl groups is 5. The van der Waals surface area contributed by atoms with Gasteiger partial charge in [0.2, 0.25) is 5.91 Å². The van der Waals surface area contributed by atoms with Gasteiger partial charge in [-0.15, -0.1) is 0 Å². The van der Waals surface area contributed by atoms with E-state index in [1.54, 1.807) is 0 Å². The van der Waals surface area contributed by atoms with Crippen LogP contribution in [-0.2, 0) is 23.7 Å². The molecule has 11 atom stereocenters. The molecule has 0 aromatic heterocycles. The summed E-state index contributed by atoms with van der Waals surface area (Å²) in [5.74, 6) is -1.26. The molecule has 0 saturated carbocycles. The number of amides is 1. The van der Waals surface area contributed by atoms with Crippen molar-refractivity contribution in [3.05, 3.63) is 0 Å². The van der Waals surface area contributed by atoms with Crippen molar-refractivity contribution in [3.8, 4) is 0 Å². The van der Waals surface area contributed by atoms with E-state index in [9.17, 15) is 30.3 Å². The van der Waals surface area contributed by atoms with Crippen LogP contribution in [0.2, 0.25) is 0 Å². The second-order valence-electron chi connectivity index (χ2n) is 8.97. The van der Waals surface area contributed by atoms with Gasteiger partial charge in [-0.1, -0.05) is 6.92 Å². The summed E-state index contributed by atoms with van der Waals surface area (Å²) in [6.45, 7) is 3.19. The molecule has 32 heavy (non-hydrogen) atoms. The lowest BCUT2D eigenvalue weighted by molar-refractivity contribution is -0.308. The summed E-state index contributed by atoms with van der Waals surface area (Å²) in [5, 5.41) is 55.5. The number of hydrogen-bond donors (Lipinski definition) is 6. The van der Waals surface area contributed by atoms with E-state index in [0.717, 1.165) is 0 Å². The number of carbonyl (C=O) groups excluding carboxylic acids is 1. The normalized spacial score (nSPS) is 44.7. The number of aliphatic hydroxyl groups excluding tert-OH is 5. The highest BCUT2D eigenvalue weighted by molar-refractivity contribution is 5.72. The maximum Gasteiger partial charge on any atom is 0.216 e. The molecule has 6 rings (SSSR count). The molecule has 0 radical (unpaired) electrons. The Morgan fingerprint density at radius 2 is 1.69 bits per heavy atom. The molecule has 6 aliphatic rings. The van der Waals surface area contributed by atoms with Crippen molar-refractivity contribution in [1.82, 2.24) is 5.32 Å². The zero-order valence-corrected chi connectivity index (χ0v) is 18.6. The zero-order valence-electron chi connectivity index (χ0n) is 18.6. The fraction of sp³-hybridized carbons (Fsp3) is 0.952. The summed E-state index contributed by atoms with van der Waals surface area (Å²) in [4.78, 5) is 11.1. The van der Waals surface area contributed by atoms with Gasteiger partial charge in [0.25, 0.3) is 0 Å². The summed E-state index contributed by atoms with van der Waals surface area (Å²) in [7, 11) is 0. The van der Waals surface area contributed by atoms with E-state index < -0.39 is 74.1 Å². The van der Waals surface area contributed by atoms with Crippen molar-refractivity contribution in [3.63, 3.8) is 0 Å². The van der Waals surface area contributed by atoms with E-state index in [1.807, 2.05) is 6.92 Å². The zero-order chi connectivity index (χ0) is 23.4. The third kappa shape index (κ3) is 5.43. The summed E-state index contributed by atoms with van der Waals surface area (Å²) >= 11 is 0. The third-order valence-electron chi connectivity index (χ3n) is 6.73. The van der Waals surface area contributed by atoms with Crippen molar-refractivity contribution >= 4 is 5.91 Å². The molecule has 186 valence electrons. The molecule has 0 aromatic carbocycles. The topological polar surface area (TPSA) is 167 Å². The van der Waals surface area contributed by atoms with Crippen molar-refractivity contribution < 1.29 is 49.3 Å². The molecule has 11 heteroatoms. The van der Waals surface area contributed by atoms with Gasteiger partial charge in [-0.25, -0.2) is 0 Å². The van der Waals surface area contributed by atoms with Crippen LogP contribution < -0.4 is 5.32 Å². The summed E-state index contributed by atoms with van der Waals surface area (Å²) < 4.78 is 23.9. The Balaban J connectivity index is 1.88. The average molecular weight is 464 g/mol. The first-order valence-corrected chi connectivity index (χ1v) is 11.3. The fourth-order valence-corrected chi connectivity index (χ4v) is 4.98. The van der Waals surface area contributed by atoms with Crippen LogP contribution in [0.15, 0.2) is 0 Å². The molecule has 6 aliphatic heterocycles. The van der Waals surface area contributed by atoms with E-state index >= 15 is 0 Å². The Kier molecular flexibility index (Phi) is 9.24. The average Bonchev–Trinajstić information content (AvgIpc) is 2.76. The SMILES string of the molecule is CC(=O)NCCCO[C@H]1C2O[C@H](CO)[C@@H](OCC[C@@H](C)C3O[C@H](CO)[C@@H]2[C@H](O)[C@H]3O)[C@@H]1O. The van der Waals surface area contributed by atoms with Crippen LogP contribution in [-0.4, -0.2) is 119 Å². The van der Waals surface area contributed by atoms with Crippen LogP contribution in [0.4, 0.5) is 0 Å². The fourth-order valence-electron chi connectivity index (χ4n) is 4.98. The predicted molar refractivity (Wildman–Crippen MR) is 110 cm³/mol. The summed E-state index contributed by atoms with van der Waals surface area (Å²) in [6, 6.07) is 0. The standard InChI is InChI=1S/C21H37NO10/c1-10-4-7-30-19-13(9-24)32-20(14-12(8-23)31-18(10)16(27)15(14)26)21(17(19)28)29-6-3-5-22-11(2)25/h10,12-21,23-24,26-28H,3-9H2,1-2H3,(H,22,25)/t10-,12-,13-,14-,15+,16-,17+,18?,19-,20?,21-/m1/s1. The smallest absolute Gasteiger partial charge is 0.216 e. The highest BCUT2D eigenvalue weighted by atomic mass is 16.6. The van der Waals surface area contributed by atoms with Crippen molar-refractivity contribution in [1.29, 1.82) is 0 Å². The van der Waals surface area contributed by atoms with Gasteiger partial charge >= 0.3 is 0 Å². The molecular formula is C21H37NO10. The number of carbonyl (C=O) groups is 1. The Morgan fingerprint density at radius 1 is 1.00 bits per heavy atom. The molecule has 0 aliphatic carbocycles. The minimum Gasteiger partial charge on any atom is -0.394 e. The van der Waals surface area contributed by atoms with Gasteiger partial charge in [0.05, 0.1) is 37.6 Å². The van der Waals surface area contributed by atoms with E-state index in [0.29, 0.717) is 19.4 Å². The van der Waals surface area contributed by atoms with Crippen LogP contribution in [0.25, 0.3) is 0 Å². The highest BCUT2D eigenvalue weighted by Crippen LogP contribution is 2.40. The molecule has 11 nitrogen and oxygen atoms in total. The molecule has 6 fully saturated rings. The van der Waals surface area contributed by atoms with Gasteiger partial charge in [0.15, 0.2) is 0 Å². The van der Waals surface area contributed by atoms with Crippen LogP contribution in [0.1, 0.15) is 26.7 Å². The van der Waals surface area contributed by atoms with Crippen molar-refractivity contribution in [2.45, 2.75) is 81.6 Å². The number of hydrogen-bond acceptors (Lipinski definition) is 10. The van der Waals surface area contributed by atoms with Gasteiger partial charge in [0, 0.05) is 32.6 Å². The van der Waals surface area contributed by atoms with Crippen molar-refractivity contribution in [2.75, 3.05) is 33.0 Å². The molecule has 0 aromatic rings. The summed E-state index contributed by atoms with van der Waals surface area (Å²) in [5.41, 5.74) is 0. The largest absolute Gasteiger partial charge is 0.394 e. The first-order valence-electron chi connectivity index (χ1n) is 11.3. The van der Waals surface area contributed by atoms with Crippen LogP contribution in [0, 0.1) is 11.8 Å². The predicted octanol–water partition coefficient (Wildman–Crippen LogP) is -2.46. The van der Waals surface area contributed by atoms with Crippen LogP contribution in [0.3, 0.4) is 0 Å². The number of ether oxygens (including phenoxy) is 4. The van der Waals surface area contributed by atoms with Crippen LogP contribution in [0.5, 0.6) is 0 Å². The number of rotatable bonds is 7. The van der Waals surface area contributed by atoms with Gasteiger partial charge in [-0.05, 0) is 18.8 Å². The lowest BCUT2D eigenvalue weighted by atomic mass is 9.75. The molecule has 6 heterocycles. The molecule has 6 saturated heterocycles. The number of nitrogens with one attached hydrogen (secondary N) is 1. The lowest BCUT2D eigenvalue weighted by Crippen LogP contribution is -2.69. The van der Waals surface area contributed by atoms with Crippen LogP contribution >= 0.6 is 0 Å². The van der Waals surface area contributed by atoms with Gasteiger partial charge in [-0.3, -0.25) is 4.79 Å². The maximum absolute atomic E-state index is 11.1. The van der Waals surface area contributed by atoms with Gasteiger partial charge in [-0.2, -0.15) is 0 Å².